The predicted octanol–water partition coefficient (Wildman–Crippen LogP) is 5.65. The number of aliphatic imine (C=N–C) groups is 1. The lowest BCUT2D eigenvalue weighted by Crippen LogP contribution is -2.37. The van der Waals surface area contributed by atoms with Crippen molar-refractivity contribution in [1.82, 2.24) is 5.43 Å². The largest absolute Gasteiger partial charge is 0.300 e. The first-order valence-electron chi connectivity index (χ1n) is 7.88. The maximum atomic E-state index is 12.6. The monoisotopic (exact) mass is 377 g/mol. The molecule has 2 N–H and O–H groups in total. The number of benzene rings is 2. The molecule has 0 spiro atoms. The number of hydrazine groups is 1. The van der Waals surface area contributed by atoms with Gasteiger partial charge in [-0.1, -0.05) is 50.0 Å². The van der Waals surface area contributed by atoms with E-state index < -0.39 is 0 Å². The first-order chi connectivity index (χ1) is 11.7. The molecule has 0 aliphatic carbocycles. The summed E-state index contributed by atoms with van der Waals surface area (Å²) < 4.78 is 0. The smallest absolute Gasteiger partial charge is 0.199 e. The SMILES string of the molecule is CC(C)(C)CC(=O)C(=Nc1cccc(Cl)c1)NNc1ccc(Cl)cc1. The number of hydrogen-bond acceptors (Lipinski definition) is 3. The standard InChI is InChI=1S/C19H21Cl2N3O/c1-19(2,3)12-17(25)18(22-16-6-4-5-14(21)11-16)24-23-15-9-7-13(20)8-10-15/h4-11,23H,12H2,1-3H3,(H,22,24). The predicted molar refractivity (Wildman–Crippen MR) is 106 cm³/mol. The Hall–Kier alpha value is -2.04. The third kappa shape index (κ3) is 6.77. The highest BCUT2D eigenvalue weighted by Gasteiger charge is 2.20. The van der Waals surface area contributed by atoms with Crippen LogP contribution < -0.4 is 10.9 Å². The average molecular weight is 378 g/mol. The van der Waals surface area contributed by atoms with Crippen LogP contribution in [0.2, 0.25) is 10.0 Å². The Balaban J connectivity index is 2.22. The molecule has 0 amide bonds. The number of ketones is 1. The van der Waals surface area contributed by atoms with Crippen LogP contribution in [0, 0.1) is 5.41 Å². The number of nitrogens with zero attached hydrogens (tertiary/aromatic N) is 1. The minimum atomic E-state index is -0.145. The molecule has 0 aliphatic rings. The number of carbonyl (C=O) groups excluding carboxylic acids is 1. The van der Waals surface area contributed by atoms with Crippen LogP contribution in [0.1, 0.15) is 27.2 Å². The highest BCUT2D eigenvalue weighted by atomic mass is 35.5. The molecule has 2 rings (SSSR count). The molecule has 0 radical (unpaired) electrons. The van der Waals surface area contributed by atoms with Crippen LogP contribution in [0.3, 0.4) is 0 Å². The zero-order valence-electron chi connectivity index (χ0n) is 14.4. The summed E-state index contributed by atoms with van der Waals surface area (Å²) in [6.45, 7) is 6.03. The summed E-state index contributed by atoms with van der Waals surface area (Å²) in [5, 5.41) is 1.21. The van der Waals surface area contributed by atoms with Crippen molar-refractivity contribution in [2.24, 2.45) is 10.4 Å². The molecule has 4 nitrogen and oxygen atoms in total. The van der Waals surface area contributed by atoms with Crippen molar-refractivity contribution in [1.29, 1.82) is 0 Å². The summed E-state index contributed by atoms with van der Waals surface area (Å²) in [5.41, 5.74) is 7.12. The van der Waals surface area contributed by atoms with Gasteiger partial charge >= 0.3 is 0 Å². The van der Waals surface area contributed by atoms with Crippen LogP contribution in [-0.4, -0.2) is 11.6 Å². The van der Waals surface area contributed by atoms with Gasteiger partial charge in [-0.25, -0.2) is 4.99 Å². The molecule has 6 heteroatoms. The minimum Gasteiger partial charge on any atom is -0.300 e. The summed E-state index contributed by atoms with van der Waals surface area (Å²) in [4.78, 5) is 17.1. The quantitative estimate of drug-likeness (QED) is 0.402. The van der Waals surface area contributed by atoms with E-state index in [-0.39, 0.29) is 17.0 Å². The number of halogens is 2. The molecule has 0 unspecified atom stereocenters. The maximum Gasteiger partial charge on any atom is 0.199 e. The molecule has 0 bridgehead atoms. The van der Waals surface area contributed by atoms with E-state index in [1.165, 1.54) is 0 Å². The van der Waals surface area contributed by atoms with E-state index in [0.29, 0.717) is 22.2 Å². The molecule has 2 aromatic carbocycles. The topological polar surface area (TPSA) is 53.5 Å². The molecule has 0 heterocycles. The van der Waals surface area contributed by atoms with Gasteiger partial charge in [-0.15, -0.1) is 0 Å². The second-order valence-corrected chi connectivity index (χ2v) is 7.73. The van der Waals surface area contributed by atoms with Crippen LogP contribution >= 0.6 is 23.2 Å². The maximum absolute atomic E-state index is 12.6. The highest BCUT2D eigenvalue weighted by molar-refractivity contribution is 6.39. The van der Waals surface area contributed by atoms with Crippen molar-refractivity contribution in [3.63, 3.8) is 0 Å². The Morgan fingerprint density at radius 1 is 1.04 bits per heavy atom. The van der Waals surface area contributed by atoms with E-state index in [2.05, 4.69) is 15.8 Å². The van der Waals surface area contributed by atoms with Gasteiger partial charge in [0.05, 0.1) is 11.4 Å². The van der Waals surface area contributed by atoms with Gasteiger partial charge in [0.2, 0.25) is 0 Å². The summed E-state index contributed by atoms with van der Waals surface area (Å²) >= 11 is 11.9. The van der Waals surface area contributed by atoms with Gasteiger partial charge in [-0.2, -0.15) is 0 Å². The number of Topliss-reactive ketones (excluding diaryl/α,β-unsaturated/α-hetero) is 1. The Morgan fingerprint density at radius 2 is 1.72 bits per heavy atom. The Labute approximate surface area is 158 Å². The summed E-state index contributed by atoms with van der Waals surface area (Å²) in [6, 6.07) is 14.2. The zero-order valence-corrected chi connectivity index (χ0v) is 15.9. The number of amidine groups is 1. The first kappa shape index (κ1) is 19.3. The van der Waals surface area contributed by atoms with Crippen LogP contribution in [0.5, 0.6) is 0 Å². The lowest BCUT2D eigenvalue weighted by atomic mass is 9.90. The van der Waals surface area contributed by atoms with Crippen molar-refractivity contribution in [3.05, 3.63) is 58.6 Å². The van der Waals surface area contributed by atoms with Gasteiger partial charge < -0.3 is 0 Å². The van der Waals surface area contributed by atoms with Crippen LogP contribution in [0.25, 0.3) is 0 Å². The first-order valence-corrected chi connectivity index (χ1v) is 8.64. The average Bonchev–Trinajstić information content (AvgIpc) is 2.51. The Bertz CT molecular complexity index is 765. The summed E-state index contributed by atoms with van der Waals surface area (Å²) in [5.74, 6) is 0.140. The highest BCUT2D eigenvalue weighted by Crippen LogP contribution is 2.21. The van der Waals surface area contributed by atoms with E-state index >= 15 is 0 Å². The molecule has 0 fully saturated rings. The molecular weight excluding hydrogens is 357 g/mol. The fourth-order valence-electron chi connectivity index (χ4n) is 2.06. The lowest BCUT2D eigenvalue weighted by Gasteiger charge is -2.18. The van der Waals surface area contributed by atoms with Gasteiger partial charge in [0.1, 0.15) is 0 Å². The van der Waals surface area contributed by atoms with Gasteiger partial charge in [-0.3, -0.25) is 15.6 Å². The normalized spacial score (nSPS) is 12.0. The molecule has 0 atom stereocenters. The minimum absolute atomic E-state index is 0.0889. The van der Waals surface area contributed by atoms with Crippen molar-refractivity contribution in [3.8, 4) is 0 Å². The molecule has 0 saturated heterocycles. The van der Waals surface area contributed by atoms with Gasteiger partial charge in [0.25, 0.3) is 0 Å². The molecular formula is C19H21Cl2N3O. The van der Waals surface area contributed by atoms with E-state index in [1.54, 1.807) is 48.5 Å². The van der Waals surface area contributed by atoms with E-state index in [4.69, 9.17) is 23.2 Å². The Kier molecular flexibility index (Phi) is 6.45. The van der Waals surface area contributed by atoms with Crippen molar-refractivity contribution in [2.75, 3.05) is 5.43 Å². The number of nitrogens with one attached hydrogen (secondary N) is 2. The van der Waals surface area contributed by atoms with Crippen LogP contribution in [0.15, 0.2) is 53.5 Å². The van der Waals surface area contributed by atoms with Gasteiger partial charge in [-0.05, 0) is 47.9 Å². The molecule has 2 aromatic rings. The van der Waals surface area contributed by atoms with E-state index in [9.17, 15) is 4.79 Å². The Morgan fingerprint density at radius 3 is 2.32 bits per heavy atom. The third-order valence-electron chi connectivity index (χ3n) is 3.17. The summed E-state index contributed by atoms with van der Waals surface area (Å²) in [7, 11) is 0. The number of carbonyl (C=O) groups is 1. The summed E-state index contributed by atoms with van der Waals surface area (Å²) in [6.07, 6.45) is 0.363. The van der Waals surface area contributed by atoms with Crippen molar-refractivity contribution < 1.29 is 4.79 Å². The molecule has 0 saturated carbocycles. The van der Waals surface area contributed by atoms with E-state index in [1.807, 2.05) is 20.8 Å². The number of hydrogen-bond donors (Lipinski definition) is 2. The lowest BCUT2D eigenvalue weighted by molar-refractivity contribution is -0.114. The second kappa shape index (κ2) is 8.37. The molecule has 0 aliphatic heterocycles. The van der Waals surface area contributed by atoms with Gasteiger partial charge in [0.15, 0.2) is 11.6 Å². The van der Waals surface area contributed by atoms with E-state index in [0.717, 1.165) is 5.69 Å². The van der Waals surface area contributed by atoms with Crippen LogP contribution in [-0.2, 0) is 4.79 Å². The van der Waals surface area contributed by atoms with Crippen molar-refractivity contribution in [2.45, 2.75) is 27.2 Å². The molecule has 132 valence electrons. The fraction of sp³-hybridized carbons (Fsp3) is 0.263. The molecule has 0 aromatic heterocycles. The number of rotatable bonds is 5. The van der Waals surface area contributed by atoms with Crippen molar-refractivity contribution >= 4 is 46.2 Å². The fourth-order valence-corrected chi connectivity index (χ4v) is 2.38. The van der Waals surface area contributed by atoms with Gasteiger partial charge in [0, 0.05) is 16.5 Å². The molecule has 25 heavy (non-hydrogen) atoms. The number of anilines is 1. The second-order valence-electron chi connectivity index (χ2n) is 6.86. The van der Waals surface area contributed by atoms with Crippen LogP contribution in [0.4, 0.5) is 11.4 Å². The third-order valence-corrected chi connectivity index (χ3v) is 3.66. The zero-order chi connectivity index (χ0) is 18.4.